The largest absolute Gasteiger partial charge is 0.450 e. The summed E-state index contributed by atoms with van der Waals surface area (Å²) < 4.78 is 37.0. The monoisotopic (exact) mass is 206 g/mol. The van der Waals surface area contributed by atoms with Gasteiger partial charge in [0.2, 0.25) is 5.78 Å². The quantitative estimate of drug-likeness (QED) is 0.733. The average molecular weight is 206 g/mol. The van der Waals surface area contributed by atoms with Crippen molar-refractivity contribution in [2.75, 3.05) is 0 Å². The second-order valence-electron chi connectivity index (χ2n) is 3.00. The maximum atomic E-state index is 11.9. The normalized spacial score (nSPS) is 11.8. The maximum absolute atomic E-state index is 11.9. The Labute approximate surface area is 78.5 Å². The Morgan fingerprint density at radius 3 is 2.50 bits per heavy atom. The number of aryl methyl sites for hydroxylation is 2. The molecular weight excluding hydrogens is 197 g/mol. The van der Waals surface area contributed by atoms with Crippen LogP contribution < -0.4 is 0 Å². The molecule has 0 aliphatic heterocycles. The van der Waals surface area contributed by atoms with Gasteiger partial charge < -0.3 is 0 Å². The summed E-state index contributed by atoms with van der Waals surface area (Å²) in [5.41, 5.74) is 0.863. The van der Waals surface area contributed by atoms with Gasteiger partial charge in [0.1, 0.15) is 0 Å². The summed E-state index contributed by atoms with van der Waals surface area (Å²) in [6.07, 6.45) is -5.46. The molecule has 14 heavy (non-hydrogen) atoms. The van der Waals surface area contributed by atoms with E-state index in [1.165, 1.54) is 10.7 Å². The summed E-state index contributed by atoms with van der Waals surface area (Å²) >= 11 is 0. The highest BCUT2D eigenvalue weighted by atomic mass is 19.4. The number of carbonyl (C=O) groups is 1. The van der Waals surface area contributed by atoms with Crippen LogP contribution in [0.5, 0.6) is 0 Å². The van der Waals surface area contributed by atoms with Gasteiger partial charge in [-0.3, -0.25) is 9.48 Å². The van der Waals surface area contributed by atoms with E-state index in [1.54, 1.807) is 14.0 Å². The molecule has 6 heteroatoms. The fraction of sp³-hybridized carbons (Fsp3) is 0.500. The molecule has 0 aliphatic rings. The van der Waals surface area contributed by atoms with E-state index in [0.29, 0.717) is 0 Å². The van der Waals surface area contributed by atoms with Gasteiger partial charge in [-0.25, -0.2) is 0 Å². The Hall–Kier alpha value is -1.33. The molecule has 0 N–H and O–H groups in total. The van der Waals surface area contributed by atoms with Gasteiger partial charge in [-0.1, -0.05) is 0 Å². The van der Waals surface area contributed by atoms with Gasteiger partial charge in [0.05, 0.1) is 12.1 Å². The number of alkyl halides is 3. The van der Waals surface area contributed by atoms with Gasteiger partial charge >= 0.3 is 6.18 Å². The van der Waals surface area contributed by atoms with Crippen molar-refractivity contribution in [3.63, 3.8) is 0 Å². The van der Waals surface area contributed by atoms with Gasteiger partial charge in [-0.05, 0) is 13.0 Å². The zero-order chi connectivity index (χ0) is 10.9. The molecule has 0 aromatic carbocycles. The minimum absolute atomic E-state index is 0.146. The maximum Gasteiger partial charge on any atom is 0.450 e. The summed E-state index contributed by atoms with van der Waals surface area (Å²) in [5, 5.41) is 3.76. The van der Waals surface area contributed by atoms with E-state index in [4.69, 9.17) is 0 Å². The smallest absolute Gasteiger partial charge is 0.289 e. The van der Waals surface area contributed by atoms with Gasteiger partial charge in [0.15, 0.2) is 0 Å². The number of rotatable bonds is 2. The van der Waals surface area contributed by atoms with Crippen molar-refractivity contribution in [3.8, 4) is 0 Å². The van der Waals surface area contributed by atoms with Crippen molar-refractivity contribution in [1.29, 1.82) is 0 Å². The molecule has 1 rings (SSSR count). The van der Waals surface area contributed by atoms with Crippen LogP contribution in [0.15, 0.2) is 6.07 Å². The predicted octanol–water partition coefficient (Wildman–Crippen LogP) is 1.40. The molecule has 78 valence electrons. The lowest BCUT2D eigenvalue weighted by Crippen LogP contribution is -2.24. The number of hydrogen-bond donors (Lipinski definition) is 0. The third-order valence-corrected chi connectivity index (χ3v) is 1.82. The van der Waals surface area contributed by atoms with Crippen LogP contribution in [-0.2, 0) is 18.3 Å². The summed E-state index contributed by atoms with van der Waals surface area (Å²) in [5.74, 6) is -1.77. The summed E-state index contributed by atoms with van der Waals surface area (Å²) in [6.45, 7) is 1.70. The first-order valence-electron chi connectivity index (χ1n) is 3.90. The molecule has 0 atom stereocenters. The van der Waals surface area contributed by atoms with Gasteiger partial charge in [0, 0.05) is 12.7 Å². The number of ketones is 1. The number of aromatic nitrogens is 2. The van der Waals surface area contributed by atoms with Crippen LogP contribution in [0.3, 0.4) is 0 Å². The first kappa shape index (κ1) is 10.7. The minimum atomic E-state index is -4.77. The van der Waals surface area contributed by atoms with Gasteiger partial charge in [-0.15, -0.1) is 0 Å². The predicted molar refractivity (Wildman–Crippen MR) is 42.7 cm³/mol. The molecule has 0 amide bonds. The first-order valence-corrected chi connectivity index (χ1v) is 3.90. The molecular formula is C8H9F3N2O. The Balaban J connectivity index is 2.75. The van der Waals surface area contributed by atoms with E-state index in [9.17, 15) is 18.0 Å². The van der Waals surface area contributed by atoms with Crippen molar-refractivity contribution in [2.45, 2.75) is 19.5 Å². The second kappa shape index (κ2) is 3.43. The Kier molecular flexibility index (Phi) is 2.64. The third-order valence-electron chi connectivity index (χ3n) is 1.82. The number of carbonyl (C=O) groups excluding carboxylic acids is 1. The van der Waals surface area contributed by atoms with E-state index in [1.807, 2.05) is 0 Å². The van der Waals surface area contributed by atoms with Crippen molar-refractivity contribution >= 4 is 5.78 Å². The van der Waals surface area contributed by atoms with Crippen LogP contribution in [0.25, 0.3) is 0 Å². The lowest BCUT2D eigenvalue weighted by Gasteiger charge is -2.01. The van der Waals surface area contributed by atoms with Crippen molar-refractivity contribution in [1.82, 2.24) is 9.78 Å². The average Bonchev–Trinajstić information content (AvgIpc) is 2.29. The summed E-state index contributed by atoms with van der Waals surface area (Å²) in [4.78, 5) is 10.6. The minimum Gasteiger partial charge on any atom is -0.289 e. The highest BCUT2D eigenvalue weighted by molar-refractivity contribution is 5.85. The number of Topliss-reactive ketones (excluding diaryl/α,β-unsaturated/α-hetero) is 1. The van der Waals surface area contributed by atoms with E-state index in [0.717, 1.165) is 5.69 Å². The molecule has 0 unspecified atom stereocenters. The van der Waals surface area contributed by atoms with Crippen LogP contribution >= 0.6 is 0 Å². The summed E-state index contributed by atoms with van der Waals surface area (Å²) in [6, 6.07) is 1.46. The van der Waals surface area contributed by atoms with Crippen LogP contribution in [0, 0.1) is 6.92 Å². The Morgan fingerprint density at radius 1 is 1.57 bits per heavy atom. The number of halogens is 3. The SMILES string of the molecule is Cc1cc(CC(=O)C(F)(F)F)nn1C. The van der Waals surface area contributed by atoms with E-state index >= 15 is 0 Å². The summed E-state index contributed by atoms with van der Waals surface area (Å²) in [7, 11) is 1.61. The lowest BCUT2D eigenvalue weighted by atomic mass is 10.2. The van der Waals surface area contributed by atoms with E-state index in [-0.39, 0.29) is 5.69 Å². The standard InChI is InChI=1S/C8H9F3N2O/c1-5-3-6(12-13(5)2)4-7(14)8(9,10)11/h3H,4H2,1-2H3. The first-order chi connectivity index (χ1) is 6.30. The zero-order valence-corrected chi connectivity index (χ0v) is 7.72. The molecule has 1 aromatic rings. The molecule has 3 nitrogen and oxygen atoms in total. The molecule has 0 saturated carbocycles. The Morgan fingerprint density at radius 2 is 2.14 bits per heavy atom. The van der Waals surface area contributed by atoms with E-state index in [2.05, 4.69) is 5.10 Å². The van der Waals surface area contributed by atoms with Crippen LogP contribution in [0.4, 0.5) is 13.2 Å². The van der Waals surface area contributed by atoms with E-state index < -0.39 is 18.4 Å². The molecule has 0 bridgehead atoms. The molecule has 0 radical (unpaired) electrons. The van der Waals surface area contributed by atoms with Crippen LogP contribution in [-0.4, -0.2) is 21.7 Å². The molecule has 1 heterocycles. The van der Waals surface area contributed by atoms with Crippen molar-refractivity contribution in [3.05, 3.63) is 17.5 Å². The highest BCUT2D eigenvalue weighted by Crippen LogP contribution is 2.18. The fourth-order valence-corrected chi connectivity index (χ4v) is 0.986. The molecule has 0 fully saturated rings. The third kappa shape index (κ3) is 2.34. The topological polar surface area (TPSA) is 34.9 Å². The molecule has 0 aliphatic carbocycles. The molecule has 0 saturated heterocycles. The highest BCUT2D eigenvalue weighted by Gasteiger charge is 2.38. The lowest BCUT2D eigenvalue weighted by molar-refractivity contribution is -0.170. The number of hydrogen-bond acceptors (Lipinski definition) is 2. The van der Waals surface area contributed by atoms with Crippen molar-refractivity contribution < 1.29 is 18.0 Å². The van der Waals surface area contributed by atoms with Gasteiger partial charge in [-0.2, -0.15) is 18.3 Å². The Bertz CT molecular complexity index is 334. The zero-order valence-electron chi connectivity index (χ0n) is 7.72. The second-order valence-corrected chi connectivity index (χ2v) is 3.00. The van der Waals surface area contributed by atoms with Gasteiger partial charge in [0.25, 0.3) is 0 Å². The van der Waals surface area contributed by atoms with Crippen LogP contribution in [0.1, 0.15) is 11.4 Å². The van der Waals surface area contributed by atoms with Crippen LogP contribution in [0.2, 0.25) is 0 Å². The molecule has 0 spiro atoms. The van der Waals surface area contributed by atoms with Crippen molar-refractivity contribution in [2.24, 2.45) is 7.05 Å². The molecule has 1 aromatic heterocycles. The number of nitrogens with zero attached hydrogens (tertiary/aromatic N) is 2. The fourth-order valence-electron chi connectivity index (χ4n) is 0.986.